The quantitative estimate of drug-likeness (QED) is 0.822. The third-order valence-corrected chi connectivity index (χ3v) is 2.50. The van der Waals surface area contributed by atoms with Crippen LogP contribution in [-0.4, -0.2) is 19.7 Å². The Labute approximate surface area is 99.3 Å². The van der Waals surface area contributed by atoms with Gasteiger partial charge in [0.15, 0.2) is 11.6 Å². The van der Waals surface area contributed by atoms with E-state index in [1.54, 1.807) is 16.9 Å². The van der Waals surface area contributed by atoms with E-state index >= 15 is 0 Å². The molecular formula is C11H13ClN4. The third kappa shape index (κ3) is 2.07. The molecule has 2 aromatic heterocycles. The van der Waals surface area contributed by atoms with Gasteiger partial charge in [-0.2, -0.15) is 4.68 Å². The molecular weight excluding hydrogens is 224 g/mol. The first-order valence-electron chi connectivity index (χ1n) is 5.31. The molecule has 5 heteroatoms. The summed E-state index contributed by atoms with van der Waals surface area (Å²) < 4.78 is 1.77. The summed E-state index contributed by atoms with van der Waals surface area (Å²) in [4.78, 5) is 8.66. The molecule has 0 bridgehead atoms. The van der Waals surface area contributed by atoms with Crippen LogP contribution in [0.2, 0.25) is 5.02 Å². The molecule has 0 aliphatic carbocycles. The van der Waals surface area contributed by atoms with Gasteiger partial charge in [0.2, 0.25) is 0 Å². The van der Waals surface area contributed by atoms with Gasteiger partial charge in [0.25, 0.3) is 0 Å². The number of hydrogen-bond donors (Lipinski definition) is 0. The maximum Gasteiger partial charge on any atom is 0.155 e. The minimum absolute atomic E-state index is 0.623. The Morgan fingerprint density at radius 2 is 2.06 bits per heavy atom. The number of aryl methyl sites for hydroxylation is 2. The number of halogens is 1. The van der Waals surface area contributed by atoms with Crippen molar-refractivity contribution in [1.82, 2.24) is 19.7 Å². The zero-order valence-corrected chi connectivity index (χ0v) is 10.1. The van der Waals surface area contributed by atoms with Crippen molar-refractivity contribution < 1.29 is 0 Å². The zero-order valence-electron chi connectivity index (χ0n) is 9.31. The van der Waals surface area contributed by atoms with Crippen LogP contribution in [0.5, 0.6) is 0 Å². The Hall–Kier alpha value is -1.42. The predicted octanol–water partition coefficient (Wildman–Crippen LogP) is 2.44. The van der Waals surface area contributed by atoms with Gasteiger partial charge in [-0.25, -0.2) is 9.97 Å². The fourth-order valence-corrected chi connectivity index (χ4v) is 1.56. The van der Waals surface area contributed by atoms with Crippen LogP contribution in [-0.2, 0) is 12.8 Å². The minimum atomic E-state index is 0.623. The highest BCUT2D eigenvalue weighted by Crippen LogP contribution is 2.11. The molecule has 0 N–H and O–H groups in total. The smallest absolute Gasteiger partial charge is 0.155 e. The van der Waals surface area contributed by atoms with E-state index in [2.05, 4.69) is 22.0 Å². The molecule has 0 radical (unpaired) electrons. The molecule has 2 aromatic rings. The van der Waals surface area contributed by atoms with E-state index in [9.17, 15) is 0 Å². The van der Waals surface area contributed by atoms with Crippen molar-refractivity contribution in [2.45, 2.75) is 26.7 Å². The van der Waals surface area contributed by atoms with Crippen LogP contribution in [0.3, 0.4) is 0 Å². The molecule has 0 aromatic carbocycles. The molecule has 2 heterocycles. The average Bonchev–Trinajstić information content (AvgIpc) is 2.73. The number of nitrogens with zero attached hydrogens (tertiary/aromatic N) is 4. The fraction of sp³-hybridized carbons (Fsp3) is 0.364. The highest BCUT2D eigenvalue weighted by Gasteiger charge is 2.09. The largest absolute Gasteiger partial charge is 0.235 e. The van der Waals surface area contributed by atoms with E-state index in [-0.39, 0.29) is 0 Å². The van der Waals surface area contributed by atoms with Crippen molar-refractivity contribution in [2.75, 3.05) is 0 Å². The summed E-state index contributed by atoms with van der Waals surface area (Å²) in [5.74, 6) is 2.52. The van der Waals surface area contributed by atoms with Crippen LogP contribution in [0.1, 0.15) is 25.5 Å². The van der Waals surface area contributed by atoms with E-state index in [1.165, 1.54) is 0 Å². The van der Waals surface area contributed by atoms with E-state index in [1.807, 2.05) is 13.0 Å². The molecule has 0 unspecified atom stereocenters. The van der Waals surface area contributed by atoms with Gasteiger partial charge >= 0.3 is 0 Å². The summed E-state index contributed by atoms with van der Waals surface area (Å²) in [6.07, 6.45) is 3.27. The van der Waals surface area contributed by atoms with E-state index in [0.717, 1.165) is 30.3 Å². The molecule has 0 spiro atoms. The van der Waals surface area contributed by atoms with Gasteiger partial charge in [0, 0.05) is 19.0 Å². The topological polar surface area (TPSA) is 43.6 Å². The van der Waals surface area contributed by atoms with Crippen molar-refractivity contribution >= 4 is 11.6 Å². The molecule has 4 nitrogen and oxygen atoms in total. The van der Waals surface area contributed by atoms with Crippen molar-refractivity contribution in [3.05, 3.63) is 35.0 Å². The number of hydrogen-bond acceptors (Lipinski definition) is 3. The maximum atomic E-state index is 5.80. The SMILES string of the molecule is CCc1nc(CC)n(-c2ccc(Cl)cn2)n1. The number of pyridine rings is 1. The van der Waals surface area contributed by atoms with Gasteiger partial charge in [-0.1, -0.05) is 25.4 Å². The van der Waals surface area contributed by atoms with Crippen molar-refractivity contribution in [3.63, 3.8) is 0 Å². The lowest BCUT2D eigenvalue weighted by molar-refractivity contribution is 0.769. The fourth-order valence-electron chi connectivity index (χ4n) is 1.45. The highest BCUT2D eigenvalue weighted by molar-refractivity contribution is 6.30. The summed E-state index contributed by atoms with van der Waals surface area (Å²) in [6, 6.07) is 3.65. The van der Waals surface area contributed by atoms with Gasteiger partial charge in [-0.15, -0.1) is 5.10 Å². The Balaban J connectivity index is 2.45. The summed E-state index contributed by atoms with van der Waals surface area (Å²) >= 11 is 5.80. The zero-order chi connectivity index (χ0) is 11.5. The van der Waals surface area contributed by atoms with Gasteiger partial charge in [0.1, 0.15) is 5.82 Å². The van der Waals surface area contributed by atoms with Gasteiger partial charge in [-0.3, -0.25) is 0 Å². The lowest BCUT2D eigenvalue weighted by Crippen LogP contribution is -2.04. The predicted molar refractivity (Wildman–Crippen MR) is 62.9 cm³/mol. The Kier molecular flexibility index (Phi) is 3.19. The second kappa shape index (κ2) is 4.61. The monoisotopic (exact) mass is 236 g/mol. The Morgan fingerprint density at radius 3 is 2.62 bits per heavy atom. The van der Waals surface area contributed by atoms with Crippen LogP contribution >= 0.6 is 11.6 Å². The normalized spacial score (nSPS) is 10.7. The van der Waals surface area contributed by atoms with Crippen LogP contribution in [0.4, 0.5) is 0 Å². The van der Waals surface area contributed by atoms with Gasteiger partial charge in [-0.05, 0) is 12.1 Å². The van der Waals surface area contributed by atoms with Crippen LogP contribution in [0.25, 0.3) is 5.82 Å². The molecule has 2 rings (SSSR count). The molecule has 0 aliphatic rings. The maximum absolute atomic E-state index is 5.80. The molecule has 0 saturated heterocycles. The summed E-state index contributed by atoms with van der Waals surface area (Å²) in [5.41, 5.74) is 0. The first-order valence-corrected chi connectivity index (χ1v) is 5.69. The Morgan fingerprint density at radius 1 is 1.25 bits per heavy atom. The minimum Gasteiger partial charge on any atom is -0.235 e. The molecule has 84 valence electrons. The molecule has 0 saturated carbocycles. The molecule has 0 fully saturated rings. The first kappa shape index (κ1) is 11.1. The van der Waals surface area contributed by atoms with Crippen molar-refractivity contribution in [2.24, 2.45) is 0 Å². The number of rotatable bonds is 3. The van der Waals surface area contributed by atoms with Crippen LogP contribution in [0.15, 0.2) is 18.3 Å². The van der Waals surface area contributed by atoms with E-state index in [0.29, 0.717) is 5.02 Å². The Bertz CT molecular complexity index is 475. The van der Waals surface area contributed by atoms with Gasteiger partial charge < -0.3 is 0 Å². The van der Waals surface area contributed by atoms with Crippen LogP contribution in [0, 0.1) is 0 Å². The number of aromatic nitrogens is 4. The second-order valence-electron chi connectivity index (χ2n) is 3.40. The summed E-state index contributed by atoms with van der Waals surface area (Å²) in [7, 11) is 0. The molecule has 0 amide bonds. The highest BCUT2D eigenvalue weighted by atomic mass is 35.5. The lowest BCUT2D eigenvalue weighted by atomic mass is 10.4. The molecule has 0 atom stereocenters. The van der Waals surface area contributed by atoms with Crippen molar-refractivity contribution in [1.29, 1.82) is 0 Å². The van der Waals surface area contributed by atoms with Crippen LogP contribution < -0.4 is 0 Å². The van der Waals surface area contributed by atoms with Gasteiger partial charge in [0.05, 0.1) is 5.02 Å². The molecule has 0 aliphatic heterocycles. The van der Waals surface area contributed by atoms with E-state index < -0.39 is 0 Å². The average molecular weight is 237 g/mol. The third-order valence-electron chi connectivity index (χ3n) is 2.28. The lowest BCUT2D eigenvalue weighted by Gasteiger charge is -2.02. The first-order chi connectivity index (χ1) is 7.74. The van der Waals surface area contributed by atoms with Crippen molar-refractivity contribution in [3.8, 4) is 5.82 Å². The summed E-state index contributed by atoms with van der Waals surface area (Å²) in [6.45, 7) is 4.09. The summed E-state index contributed by atoms with van der Waals surface area (Å²) in [5, 5.41) is 5.02. The van der Waals surface area contributed by atoms with E-state index in [4.69, 9.17) is 11.6 Å². The second-order valence-corrected chi connectivity index (χ2v) is 3.83. The standard InChI is InChI=1S/C11H13ClN4/c1-3-9-14-10(4-2)16(15-9)11-6-5-8(12)7-13-11/h5-7H,3-4H2,1-2H3. The molecule has 16 heavy (non-hydrogen) atoms.